The van der Waals surface area contributed by atoms with Crippen molar-refractivity contribution in [2.24, 2.45) is 0 Å². The SMILES string of the molecule is C#CCN1CCCC1=S. The third-order valence-electron chi connectivity index (χ3n) is 1.45. The van der Waals surface area contributed by atoms with Crippen molar-refractivity contribution in [2.45, 2.75) is 12.8 Å². The number of rotatable bonds is 1. The molecule has 1 nitrogen and oxygen atoms in total. The molecule has 0 N–H and O–H groups in total. The maximum absolute atomic E-state index is 5.12. The predicted molar refractivity (Wildman–Crippen MR) is 42.2 cm³/mol. The molecular weight excluding hydrogens is 130 g/mol. The minimum Gasteiger partial charge on any atom is -0.355 e. The Morgan fingerprint density at radius 1 is 1.78 bits per heavy atom. The Morgan fingerprint density at radius 3 is 3.00 bits per heavy atom. The third kappa shape index (κ3) is 1.43. The van der Waals surface area contributed by atoms with Gasteiger partial charge in [0.15, 0.2) is 0 Å². The van der Waals surface area contributed by atoms with Gasteiger partial charge in [0.2, 0.25) is 0 Å². The van der Waals surface area contributed by atoms with Crippen LogP contribution in [0.15, 0.2) is 0 Å². The molecule has 0 saturated carbocycles. The molecule has 9 heavy (non-hydrogen) atoms. The first-order valence-electron chi connectivity index (χ1n) is 3.06. The van der Waals surface area contributed by atoms with Gasteiger partial charge in [-0.15, -0.1) is 6.42 Å². The van der Waals surface area contributed by atoms with Crippen molar-refractivity contribution in [2.75, 3.05) is 13.1 Å². The first-order valence-corrected chi connectivity index (χ1v) is 3.46. The lowest BCUT2D eigenvalue weighted by Gasteiger charge is -2.12. The van der Waals surface area contributed by atoms with Gasteiger partial charge in [-0.25, -0.2) is 0 Å². The highest BCUT2D eigenvalue weighted by atomic mass is 32.1. The molecule has 2 heteroatoms. The molecule has 0 amide bonds. The van der Waals surface area contributed by atoms with Crippen molar-refractivity contribution in [1.82, 2.24) is 4.90 Å². The zero-order valence-electron chi connectivity index (χ0n) is 5.26. The molecule has 1 saturated heterocycles. The molecule has 0 atom stereocenters. The van der Waals surface area contributed by atoms with Crippen LogP contribution in [0.1, 0.15) is 12.8 Å². The van der Waals surface area contributed by atoms with Crippen LogP contribution in [0.25, 0.3) is 0 Å². The van der Waals surface area contributed by atoms with Crippen LogP contribution in [0.2, 0.25) is 0 Å². The molecule has 1 fully saturated rings. The Hall–Kier alpha value is -0.550. The number of hydrogen-bond donors (Lipinski definition) is 0. The summed E-state index contributed by atoms with van der Waals surface area (Å²) in [4.78, 5) is 3.11. The number of nitrogens with zero attached hydrogens (tertiary/aromatic N) is 1. The Labute approximate surface area is 61.0 Å². The molecular formula is C7H9NS. The van der Waals surface area contributed by atoms with Crippen molar-refractivity contribution < 1.29 is 0 Å². The molecule has 0 aromatic heterocycles. The lowest BCUT2D eigenvalue weighted by atomic mass is 10.4. The maximum Gasteiger partial charge on any atom is 0.0796 e. The summed E-state index contributed by atoms with van der Waals surface area (Å²) >= 11 is 5.04. The quantitative estimate of drug-likeness (QED) is 0.394. The van der Waals surface area contributed by atoms with Crippen LogP contribution in [0.5, 0.6) is 0 Å². The van der Waals surface area contributed by atoms with Crippen molar-refractivity contribution in [3.05, 3.63) is 0 Å². The second-order valence-electron chi connectivity index (χ2n) is 2.12. The van der Waals surface area contributed by atoms with Crippen LogP contribution in [0.3, 0.4) is 0 Å². The highest BCUT2D eigenvalue weighted by Gasteiger charge is 2.14. The summed E-state index contributed by atoms with van der Waals surface area (Å²) in [5.41, 5.74) is 0. The molecule has 0 radical (unpaired) electrons. The number of hydrogen-bond acceptors (Lipinski definition) is 1. The Morgan fingerprint density at radius 2 is 2.56 bits per heavy atom. The normalized spacial score (nSPS) is 18.1. The number of likely N-dealkylation sites (tertiary alicyclic amines) is 1. The molecule has 48 valence electrons. The van der Waals surface area contributed by atoms with Crippen molar-refractivity contribution in [3.63, 3.8) is 0 Å². The van der Waals surface area contributed by atoms with Crippen molar-refractivity contribution in [3.8, 4) is 12.3 Å². The molecule has 0 spiro atoms. The third-order valence-corrected chi connectivity index (χ3v) is 1.92. The topological polar surface area (TPSA) is 3.24 Å². The highest BCUT2D eigenvalue weighted by molar-refractivity contribution is 7.80. The van der Waals surface area contributed by atoms with Gasteiger partial charge in [0.05, 0.1) is 11.5 Å². The molecule has 1 rings (SSSR count). The van der Waals surface area contributed by atoms with E-state index in [2.05, 4.69) is 10.8 Å². The van der Waals surface area contributed by atoms with Crippen molar-refractivity contribution in [1.29, 1.82) is 0 Å². The molecule has 1 aliphatic rings. The first-order chi connectivity index (χ1) is 4.34. The lowest BCUT2D eigenvalue weighted by Crippen LogP contribution is -2.23. The van der Waals surface area contributed by atoms with E-state index in [-0.39, 0.29) is 0 Å². The van der Waals surface area contributed by atoms with Crippen LogP contribution in [-0.4, -0.2) is 23.0 Å². The van der Waals surface area contributed by atoms with Gasteiger partial charge in [-0.1, -0.05) is 18.1 Å². The van der Waals surface area contributed by atoms with E-state index in [4.69, 9.17) is 18.6 Å². The summed E-state index contributed by atoms with van der Waals surface area (Å²) < 4.78 is 0. The van der Waals surface area contributed by atoms with Gasteiger partial charge in [-0.2, -0.15) is 0 Å². The number of thiocarbonyl (C=S) groups is 1. The molecule has 0 aliphatic carbocycles. The second-order valence-corrected chi connectivity index (χ2v) is 2.59. The van der Waals surface area contributed by atoms with Gasteiger partial charge in [-0.05, 0) is 12.8 Å². The largest absolute Gasteiger partial charge is 0.355 e. The van der Waals surface area contributed by atoms with Crippen LogP contribution in [-0.2, 0) is 0 Å². The zero-order valence-corrected chi connectivity index (χ0v) is 6.08. The van der Waals surface area contributed by atoms with Crippen LogP contribution in [0, 0.1) is 12.3 Å². The molecule has 0 aromatic rings. The molecule has 0 unspecified atom stereocenters. The maximum atomic E-state index is 5.12. The van der Waals surface area contributed by atoms with Gasteiger partial charge in [0.1, 0.15) is 0 Å². The minimum atomic E-state index is 0.693. The van der Waals surface area contributed by atoms with Crippen LogP contribution >= 0.6 is 12.2 Å². The van der Waals surface area contributed by atoms with E-state index in [1.165, 1.54) is 6.42 Å². The fourth-order valence-corrected chi connectivity index (χ4v) is 1.28. The lowest BCUT2D eigenvalue weighted by molar-refractivity contribution is 0.516. The Balaban J connectivity index is 2.42. The van der Waals surface area contributed by atoms with E-state index in [0.29, 0.717) is 6.54 Å². The summed E-state index contributed by atoms with van der Waals surface area (Å²) in [5.74, 6) is 2.58. The molecule has 0 bridgehead atoms. The fraction of sp³-hybridized carbons (Fsp3) is 0.571. The van der Waals surface area contributed by atoms with E-state index in [1.807, 2.05) is 0 Å². The highest BCUT2D eigenvalue weighted by Crippen LogP contribution is 2.09. The van der Waals surface area contributed by atoms with E-state index < -0.39 is 0 Å². The zero-order chi connectivity index (χ0) is 6.69. The summed E-state index contributed by atoms with van der Waals surface area (Å²) in [7, 11) is 0. The molecule has 1 heterocycles. The van der Waals surface area contributed by atoms with E-state index in [9.17, 15) is 0 Å². The van der Waals surface area contributed by atoms with Gasteiger partial charge >= 0.3 is 0 Å². The smallest absolute Gasteiger partial charge is 0.0796 e. The van der Waals surface area contributed by atoms with Gasteiger partial charge in [0, 0.05) is 6.54 Å². The van der Waals surface area contributed by atoms with Crippen molar-refractivity contribution >= 4 is 17.2 Å². The second kappa shape index (κ2) is 2.84. The van der Waals surface area contributed by atoms with Gasteiger partial charge in [-0.3, -0.25) is 0 Å². The van der Waals surface area contributed by atoms with E-state index in [1.54, 1.807) is 0 Å². The summed E-state index contributed by atoms with van der Waals surface area (Å²) in [5, 5.41) is 0. The Kier molecular flexibility index (Phi) is 2.07. The van der Waals surface area contributed by atoms with Gasteiger partial charge in [0.25, 0.3) is 0 Å². The standard InChI is InChI=1S/C7H9NS/c1-2-5-8-6-3-4-7(8)9/h1H,3-6H2. The summed E-state index contributed by atoms with van der Waals surface area (Å²) in [6, 6.07) is 0. The molecule has 0 aromatic carbocycles. The van der Waals surface area contributed by atoms with E-state index >= 15 is 0 Å². The summed E-state index contributed by atoms with van der Waals surface area (Å²) in [6.45, 7) is 1.75. The monoisotopic (exact) mass is 139 g/mol. The Bertz CT molecular complexity index is 157. The first kappa shape index (κ1) is 6.57. The summed E-state index contributed by atoms with van der Waals surface area (Å²) in [6.07, 6.45) is 7.35. The average molecular weight is 139 g/mol. The number of terminal acetylenes is 1. The van der Waals surface area contributed by atoms with Gasteiger partial charge < -0.3 is 4.90 Å². The average Bonchev–Trinajstić information content (AvgIpc) is 2.18. The fourth-order valence-electron chi connectivity index (χ4n) is 0.981. The molecule has 1 aliphatic heterocycles. The minimum absolute atomic E-state index is 0.693. The predicted octanol–water partition coefficient (Wildman–Crippen LogP) is 1.04. The van der Waals surface area contributed by atoms with E-state index in [0.717, 1.165) is 18.0 Å². The van der Waals surface area contributed by atoms with Crippen LogP contribution < -0.4 is 0 Å². The van der Waals surface area contributed by atoms with Crippen LogP contribution in [0.4, 0.5) is 0 Å².